The number of hydrogen-bond acceptors (Lipinski definition) is 2. The van der Waals surface area contributed by atoms with E-state index in [4.69, 9.17) is 4.74 Å². The molecule has 1 aliphatic rings. The summed E-state index contributed by atoms with van der Waals surface area (Å²) in [6.45, 7) is 3.67. The van der Waals surface area contributed by atoms with Gasteiger partial charge in [-0.15, -0.1) is 0 Å². The number of rotatable bonds is 6. The summed E-state index contributed by atoms with van der Waals surface area (Å²) in [6.07, 6.45) is 2.65. The van der Waals surface area contributed by atoms with E-state index in [0.29, 0.717) is 6.61 Å². The number of ether oxygens (including phenoxy) is 1. The Morgan fingerprint density at radius 2 is 1.80 bits per heavy atom. The zero-order valence-corrected chi connectivity index (χ0v) is 11.9. The van der Waals surface area contributed by atoms with Crippen molar-refractivity contribution >= 4 is 0 Å². The quantitative estimate of drug-likeness (QED) is 0.854. The molecule has 2 nitrogen and oxygen atoms in total. The molecule has 2 aromatic rings. The lowest BCUT2D eigenvalue weighted by Crippen LogP contribution is -2.15. The highest BCUT2D eigenvalue weighted by molar-refractivity contribution is 5.67. The minimum atomic E-state index is 0.710. The predicted molar refractivity (Wildman–Crippen MR) is 82.9 cm³/mol. The molecule has 20 heavy (non-hydrogen) atoms. The highest BCUT2D eigenvalue weighted by atomic mass is 16.5. The number of benzene rings is 2. The molecule has 0 amide bonds. The molecule has 0 bridgehead atoms. The Balaban J connectivity index is 1.80. The van der Waals surface area contributed by atoms with E-state index >= 15 is 0 Å². The normalized spacial score (nSPS) is 14.2. The molecule has 0 atom stereocenters. The van der Waals surface area contributed by atoms with Gasteiger partial charge in [-0.25, -0.2) is 0 Å². The van der Waals surface area contributed by atoms with Gasteiger partial charge in [-0.05, 0) is 48.6 Å². The third-order valence-corrected chi connectivity index (χ3v) is 3.65. The molecule has 1 aliphatic carbocycles. The molecule has 0 aliphatic heterocycles. The van der Waals surface area contributed by atoms with Crippen LogP contribution >= 0.6 is 0 Å². The Morgan fingerprint density at radius 3 is 2.50 bits per heavy atom. The van der Waals surface area contributed by atoms with E-state index in [2.05, 4.69) is 41.7 Å². The van der Waals surface area contributed by atoms with Crippen LogP contribution in [-0.4, -0.2) is 12.6 Å². The molecule has 2 heteroatoms. The third kappa shape index (κ3) is 3.20. The lowest BCUT2D eigenvalue weighted by Gasteiger charge is -2.11. The maximum absolute atomic E-state index is 5.50. The third-order valence-electron chi connectivity index (χ3n) is 3.65. The summed E-state index contributed by atoms with van der Waals surface area (Å²) in [5.41, 5.74) is 3.92. The van der Waals surface area contributed by atoms with Gasteiger partial charge in [0.15, 0.2) is 0 Å². The van der Waals surface area contributed by atoms with Crippen LogP contribution in [0.25, 0.3) is 11.1 Å². The van der Waals surface area contributed by atoms with Crippen LogP contribution in [0.4, 0.5) is 0 Å². The fourth-order valence-corrected chi connectivity index (χ4v) is 2.40. The van der Waals surface area contributed by atoms with Crippen molar-refractivity contribution in [1.82, 2.24) is 5.32 Å². The Morgan fingerprint density at radius 1 is 1.05 bits per heavy atom. The smallest absolute Gasteiger partial charge is 0.119 e. The van der Waals surface area contributed by atoms with Gasteiger partial charge in [0.25, 0.3) is 0 Å². The monoisotopic (exact) mass is 267 g/mol. The van der Waals surface area contributed by atoms with Gasteiger partial charge in [-0.1, -0.05) is 36.4 Å². The molecule has 1 N–H and O–H groups in total. The van der Waals surface area contributed by atoms with Gasteiger partial charge in [0.05, 0.1) is 6.61 Å². The number of hydrogen-bond donors (Lipinski definition) is 1. The molecule has 0 saturated heterocycles. The Bertz CT molecular complexity index is 558. The summed E-state index contributed by atoms with van der Waals surface area (Å²) in [5.74, 6) is 0.935. The Kier molecular flexibility index (Phi) is 4.03. The fourth-order valence-electron chi connectivity index (χ4n) is 2.40. The van der Waals surface area contributed by atoms with Gasteiger partial charge in [-0.3, -0.25) is 0 Å². The molecular formula is C18H21NO. The van der Waals surface area contributed by atoms with Gasteiger partial charge < -0.3 is 10.1 Å². The molecule has 0 spiro atoms. The first-order chi connectivity index (χ1) is 9.86. The predicted octanol–water partition coefficient (Wildman–Crippen LogP) is 4.00. The van der Waals surface area contributed by atoms with Crippen LogP contribution < -0.4 is 10.1 Å². The second-order valence-corrected chi connectivity index (χ2v) is 5.27. The van der Waals surface area contributed by atoms with Crippen molar-refractivity contribution in [2.75, 3.05) is 6.61 Å². The fraction of sp³-hybridized carbons (Fsp3) is 0.333. The lowest BCUT2D eigenvalue weighted by atomic mass is 9.99. The zero-order valence-electron chi connectivity index (χ0n) is 11.9. The van der Waals surface area contributed by atoms with Crippen molar-refractivity contribution in [3.8, 4) is 16.9 Å². The van der Waals surface area contributed by atoms with Crippen LogP contribution in [0.15, 0.2) is 48.5 Å². The van der Waals surface area contributed by atoms with E-state index in [1.165, 1.54) is 29.5 Å². The van der Waals surface area contributed by atoms with Crippen LogP contribution in [0.3, 0.4) is 0 Å². The van der Waals surface area contributed by atoms with Crippen molar-refractivity contribution in [1.29, 1.82) is 0 Å². The Labute approximate surface area is 120 Å². The average molecular weight is 267 g/mol. The molecule has 3 rings (SSSR count). The summed E-state index contributed by atoms with van der Waals surface area (Å²) in [6, 6.07) is 17.7. The molecule has 0 heterocycles. The van der Waals surface area contributed by atoms with Gasteiger partial charge in [-0.2, -0.15) is 0 Å². The molecule has 1 fully saturated rings. The van der Waals surface area contributed by atoms with Crippen LogP contribution in [-0.2, 0) is 6.54 Å². The van der Waals surface area contributed by atoms with Gasteiger partial charge in [0, 0.05) is 12.6 Å². The topological polar surface area (TPSA) is 21.3 Å². The van der Waals surface area contributed by atoms with Crippen molar-refractivity contribution in [3.05, 3.63) is 54.1 Å². The van der Waals surface area contributed by atoms with Gasteiger partial charge in [0.2, 0.25) is 0 Å². The van der Waals surface area contributed by atoms with Crippen molar-refractivity contribution in [2.45, 2.75) is 32.4 Å². The first-order valence-electron chi connectivity index (χ1n) is 7.41. The summed E-state index contributed by atoms with van der Waals surface area (Å²) >= 11 is 0. The maximum Gasteiger partial charge on any atom is 0.119 e. The molecule has 0 aromatic heterocycles. The molecule has 0 radical (unpaired) electrons. The van der Waals surface area contributed by atoms with E-state index in [1.807, 2.05) is 19.1 Å². The molecule has 104 valence electrons. The van der Waals surface area contributed by atoms with Gasteiger partial charge in [0.1, 0.15) is 5.75 Å². The van der Waals surface area contributed by atoms with Crippen LogP contribution in [0.2, 0.25) is 0 Å². The van der Waals surface area contributed by atoms with E-state index in [-0.39, 0.29) is 0 Å². The highest BCUT2D eigenvalue weighted by Gasteiger charge is 2.20. The largest absolute Gasteiger partial charge is 0.494 e. The van der Waals surface area contributed by atoms with Crippen LogP contribution in [0.1, 0.15) is 25.3 Å². The standard InChI is InChI=1S/C18H21NO/c1-2-20-17-11-7-14(8-12-17)18-6-4-3-5-15(18)13-19-16-9-10-16/h3-8,11-12,16,19H,2,9-10,13H2,1H3. The van der Waals surface area contributed by atoms with E-state index in [0.717, 1.165) is 18.3 Å². The highest BCUT2D eigenvalue weighted by Crippen LogP contribution is 2.27. The molecule has 2 aromatic carbocycles. The average Bonchev–Trinajstić information content (AvgIpc) is 3.31. The van der Waals surface area contributed by atoms with Crippen molar-refractivity contribution < 1.29 is 4.74 Å². The first-order valence-corrected chi connectivity index (χ1v) is 7.41. The summed E-state index contributed by atoms with van der Waals surface area (Å²) < 4.78 is 5.50. The summed E-state index contributed by atoms with van der Waals surface area (Å²) in [4.78, 5) is 0. The minimum Gasteiger partial charge on any atom is -0.494 e. The SMILES string of the molecule is CCOc1ccc(-c2ccccc2CNC2CC2)cc1. The van der Waals surface area contributed by atoms with E-state index in [1.54, 1.807) is 0 Å². The van der Waals surface area contributed by atoms with E-state index < -0.39 is 0 Å². The molecule has 0 unspecified atom stereocenters. The summed E-state index contributed by atoms with van der Waals surface area (Å²) in [7, 11) is 0. The molecular weight excluding hydrogens is 246 g/mol. The van der Waals surface area contributed by atoms with Crippen LogP contribution in [0.5, 0.6) is 5.75 Å². The second-order valence-electron chi connectivity index (χ2n) is 5.27. The molecule has 1 saturated carbocycles. The first kappa shape index (κ1) is 13.2. The number of nitrogens with one attached hydrogen (secondary N) is 1. The van der Waals surface area contributed by atoms with Crippen LogP contribution in [0, 0.1) is 0 Å². The maximum atomic E-state index is 5.50. The lowest BCUT2D eigenvalue weighted by molar-refractivity contribution is 0.340. The van der Waals surface area contributed by atoms with Gasteiger partial charge >= 0.3 is 0 Å². The minimum absolute atomic E-state index is 0.710. The zero-order chi connectivity index (χ0) is 13.8. The Hall–Kier alpha value is -1.80. The summed E-state index contributed by atoms with van der Waals surface area (Å²) in [5, 5.41) is 3.59. The second kappa shape index (κ2) is 6.10. The van der Waals surface area contributed by atoms with Crippen molar-refractivity contribution in [3.63, 3.8) is 0 Å². The van der Waals surface area contributed by atoms with Crippen molar-refractivity contribution in [2.24, 2.45) is 0 Å². The van der Waals surface area contributed by atoms with E-state index in [9.17, 15) is 0 Å².